The second kappa shape index (κ2) is 9.16. The van der Waals surface area contributed by atoms with E-state index in [9.17, 15) is 18.0 Å². The molecule has 2 N–H and O–H groups in total. The van der Waals surface area contributed by atoms with Crippen LogP contribution in [-0.4, -0.2) is 39.1 Å². The number of ether oxygens (including phenoxy) is 2. The van der Waals surface area contributed by atoms with Crippen LogP contribution in [0.25, 0.3) is 0 Å². The molecule has 0 aliphatic heterocycles. The van der Waals surface area contributed by atoms with Crippen LogP contribution < -0.4 is 19.5 Å². The maximum atomic E-state index is 13.3. The lowest BCUT2D eigenvalue weighted by Gasteiger charge is -2.36. The van der Waals surface area contributed by atoms with Crippen molar-refractivity contribution in [2.45, 2.75) is 60.8 Å². The minimum atomic E-state index is -3.88. The van der Waals surface area contributed by atoms with Crippen molar-refractivity contribution in [2.75, 3.05) is 29.0 Å². The molecule has 9 heteroatoms. The number of hydrogen-bond acceptors (Lipinski definition) is 6. The quantitative estimate of drug-likeness (QED) is 0.519. The topological polar surface area (TPSA) is 111 Å². The number of sulfonamides is 1. The number of nitrogens with one attached hydrogen (secondary N) is 2. The lowest BCUT2D eigenvalue weighted by atomic mass is 9.70. The Morgan fingerprint density at radius 1 is 1.12 bits per heavy atom. The minimum absolute atomic E-state index is 0.0425. The number of benzene rings is 1. The van der Waals surface area contributed by atoms with E-state index < -0.39 is 15.4 Å². The molecule has 2 saturated carbocycles. The monoisotopic (exact) mass is 480 g/mol. The average Bonchev–Trinajstić information content (AvgIpc) is 3.04. The summed E-state index contributed by atoms with van der Waals surface area (Å²) in [5, 5.41) is 2.81. The van der Waals surface area contributed by atoms with Gasteiger partial charge in [-0.15, -0.1) is 0 Å². The van der Waals surface area contributed by atoms with Crippen molar-refractivity contribution in [3.05, 3.63) is 12.1 Å². The minimum Gasteiger partial charge on any atom is -0.492 e. The van der Waals surface area contributed by atoms with Crippen molar-refractivity contribution in [3.63, 3.8) is 0 Å². The van der Waals surface area contributed by atoms with Gasteiger partial charge in [-0.3, -0.25) is 14.3 Å². The van der Waals surface area contributed by atoms with E-state index >= 15 is 0 Å². The summed E-state index contributed by atoms with van der Waals surface area (Å²) >= 11 is 0. The van der Waals surface area contributed by atoms with E-state index in [1.807, 2.05) is 13.8 Å². The van der Waals surface area contributed by atoms with Crippen LogP contribution in [0.1, 0.15) is 60.8 Å². The maximum absolute atomic E-state index is 13.3. The molecular weight excluding hydrogens is 444 g/mol. The van der Waals surface area contributed by atoms with E-state index in [2.05, 4.69) is 10.0 Å². The molecule has 2 aliphatic carbocycles. The van der Waals surface area contributed by atoms with Crippen molar-refractivity contribution in [1.82, 2.24) is 0 Å². The molecule has 2 bridgehead atoms. The number of hydrogen-bond donors (Lipinski definition) is 2. The van der Waals surface area contributed by atoms with Gasteiger partial charge in [0.2, 0.25) is 15.9 Å². The number of fused-ring (bicyclic) bond motifs is 2. The Balaban J connectivity index is 1.95. The summed E-state index contributed by atoms with van der Waals surface area (Å²) in [6.07, 6.45) is 1.91. The summed E-state index contributed by atoms with van der Waals surface area (Å²) in [4.78, 5) is 25.1. The van der Waals surface area contributed by atoms with E-state index in [0.717, 1.165) is 6.42 Å². The van der Waals surface area contributed by atoms with Gasteiger partial charge in [0.25, 0.3) is 0 Å². The second-order valence-corrected chi connectivity index (χ2v) is 11.6. The number of carbonyl (C=O) groups is 2. The third kappa shape index (κ3) is 4.69. The smallest absolute Gasteiger partial charge is 0.233 e. The van der Waals surface area contributed by atoms with Gasteiger partial charge in [-0.2, -0.15) is 0 Å². The van der Waals surface area contributed by atoms with E-state index in [1.54, 1.807) is 33.8 Å². The molecular formula is C24H36N2O6S. The molecule has 2 fully saturated rings. The highest BCUT2D eigenvalue weighted by molar-refractivity contribution is 7.92. The molecule has 8 nitrogen and oxygen atoms in total. The summed E-state index contributed by atoms with van der Waals surface area (Å²) in [6, 6.07) is 3.10. The molecule has 1 aromatic carbocycles. The molecule has 2 unspecified atom stereocenters. The van der Waals surface area contributed by atoms with Crippen LogP contribution in [0.4, 0.5) is 11.4 Å². The molecule has 33 heavy (non-hydrogen) atoms. The summed E-state index contributed by atoms with van der Waals surface area (Å²) in [6.45, 7) is 11.8. The first-order chi connectivity index (χ1) is 15.4. The molecule has 3 rings (SSSR count). The molecule has 184 valence electrons. The zero-order valence-electron chi connectivity index (χ0n) is 20.4. The van der Waals surface area contributed by atoms with Gasteiger partial charge in [0, 0.05) is 24.5 Å². The van der Waals surface area contributed by atoms with E-state index in [-0.39, 0.29) is 46.1 Å². The third-order valence-corrected chi connectivity index (χ3v) is 8.71. The molecule has 0 aromatic heterocycles. The standard InChI is InChI=1S/C24H36N2O6S/c1-7-31-19-13-18(20(32-8-2)12-17(19)25-22(28)15(3)4)26-33(29,30)14-24-10-9-16(11-21(24)27)23(24,5)6/h12-13,15-16,26H,7-11,14H2,1-6H3,(H,25,28). The van der Waals surface area contributed by atoms with E-state index in [1.165, 1.54) is 6.07 Å². The fourth-order valence-electron chi connectivity index (χ4n) is 5.20. The van der Waals surface area contributed by atoms with Crippen LogP contribution >= 0.6 is 0 Å². The molecule has 0 spiro atoms. The summed E-state index contributed by atoms with van der Waals surface area (Å²) in [5.41, 5.74) is -0.602. The van der Waals surface area contributed by atoms with Gasteiger partial charge in [0.05, 0.1) is 35.8 Å². The van der Waals surface area contributed by atoms with Gasteiger partial charge in [0.1, 0.15) is 17.3 Å². The Bertz CT molecular complexity index is 1030. The number of anilines is 2. The average molecular weight is 481 g/mol. The number of rotatable bonds is 10. The largest absolute Gasteiger partial charge is 0.492 e. The highest BCUT2D eigenvalue weighted by Crippen LogP contribution is 2.64. The zero-order valence-corrected chi connectivity index (χ0v) is 21.2. The first-order valence-corrected chi connectivity index (χ1v) is 13.3. The SMILES string of the molecule is CCOc1cc(NS(=O)(=O)CC23CCC(CC2=O)C3(C)C)c(OCC)cc1NC(=O)C(C)C. The van der Waals surface area contributed by atoms with Crippen molar-refractivity contribution in [3.8, 4) is 11.5 Å². The van der Waals surface area contributed by atoms with Crippen molar-refractivity contribution in [1.29, 1.82) is 0 Å². The molecule has 1 aromatic rings. The van der Waals surface area contributed by atoms with Crippen LogP contribution in [0.2, 0.25) is 0 Å². The highest BCUT2D eigenvalue weighted by Gasteiger charge is 2.65. The van der Waals surface area contributed by atoms with Crippen molar-refractivity contribution in [2.24, 2.45) is 22.7 Å². The summed E-state index contributed by atoms with van der Waals surface area (Å²) in [5.74, 6) is 0.197. The molecule has 0 saturated heterocycles. The predicted molar refractivity (Wildman–Crippen MR) is 128 cm³/mol. The van der Waals surface area contributed by atoms with E-state index in [0.29, 0.717) is 37.5 Å². The maximum Gasteiger partial charge on any atom is 0.233 e. The highest BCUT2D eigenvalue weighted by atomic mass is 32.2. The van der Waals surface area contributed by atoms with E-state index in [4.69, 9.17) is 9.47 Å². The van der Waals surface area contributed by atoms with Crippen LogP contribution in [-0.2, 0) is 19.6 Å². The third-order valence-electron chi connectivity index (χ3n) is 7.30. The van der Waals surface area contributed by atoms with Crippen molar-refractivity contribution < 1.29 is 27.5 Å². The number of Topliss-reactive ketones (excluding diaryl/α,β-unsaturated/α-hetero) is 1. The Hall–Kier alpha value is -2.29. The van der Waals surface area contributed by atoms with Crippen LogP contribution in [0, 0.1) is 22.7 Å². The first-order valence-electron chi connectivity index (χ1n) is 11.6. The van der Waals surface area contributed by atoms with Crippen molar-refractivity contribution >= 4 is 33.1 Å². The van der Waals surface area contributed by atoms with Gasteiger partial charge in [-0.1, -0.05) is 27.7 Å². The fraction of sp³-hybridized carbons (Fsp3) is 0.667. The molecule has 0 heterocycles. The van der Waals surface area contributed by atoms with Gasteiger partial charge in [0.15, 0.2) is 0 Å². The number of ketones is 1. The Kier molecular flexibility index (Phi) is 7.03. The Morgan fingerprint density at radius 2 is 1.70 bits per heavy atom. The zero-order chi connectivity index (χ0) is 24.6. The lowest BCUT2D eigenvalue weighted by molar-refractivity contribution is -0.128. The Morgan fingerprint density at radius 3 is 2.18 bits per heavy atom. The number of amides is 1. The first kappa shape index (κ1) is 25.3. The molecule has 2 atom stereocenters. The van der Waals surface area contributed by atoms with Gasteiger partial charge >= 0.3 is 0 Å². The number of carbonyl (C=O) groups excluding carboxylic acids is 2. The lowest BCUT2D eigenvalue weighted by Crippen LogP contribution is -2.43. The van der Waals surface area contributed by atoms with Gasteiger partial charge in [-0.25, -0.2) is 8.42 Å². The molecule has 2 aliphatic rings. The summed E-state index contributed by atoms with van der Waals surface area (Å²) in [7, 11) is -3.88. The van der Waals surface area contributed by atoms with Crippen LogP contribution in [0.5, 0.6) is 11.5 Å². The summed E-state index contributed by atoms with van der Waals surface area (Å²) < 4.78 is 40.6. The predicted octanol–water partition coefficient (Wildman–Crippen LogP) is 4.22. The fourth-order valence-corrected chi connectivity index (χ4v) is 7.09. The van der Waals surface area contributed by atoms with Crippen LogP contribution in [0.3, 0.4) is 0 Å². The Labute approximate surface area is 196 Å². The van der Waals surface area contributed by atoms with Gasteiger partial charge < -0.3 is 14.8 Å². The second-order valence-electron chi connectivity index (χ2n) is 9.88. The normalized spacial score (nSPS) is 23.6. The molecule has 1 amide bonds. The molecule has 0 radical (unpaired) electrons. The van der Waals surface area contributed by atoms with Crippen LogP contribution in [0.15, 0.2) is 12.1 Å². The van der Waals surface area contributed by atoms with Gasteiger partial charge in [-0.05, 0) is 38.0 Å².